The van der Waals surface area contributed by atoms with Crippen molar-refractivity contribution in [2.45, 2.75) is 4.57 Å². The molecule has 1 unspecified atom stereocenters. The maximum Gasteiger partial charge on any atom is 0.343 e. The minimum absolute atomic E-state index is 0.512. The van der Waals surface area contributed by atoms with Crippen molar-refractivity contribution < 1.29 is 14.4 Å². The lowest BCUT2D eigenvalue weighted by atomic mass is 10.2. The summed E-state index contributed by atoms with van der Waals surface area (Å²) < 4.78 is 9.87. The summed E-state index contributed by atoms with van der Waals surface area (Å²) in [5.41, 5.74) is 0.512. The molecular weight excluding hydrogens is 278 g/mol. The average Bonchev–Trinajstić information content (AvgIpc) is 2.03. The third-order valence-corrected chi connectivity index (χ3v) is 4.71. The number of benzene rings is 1. The number of rotatable bonds is 2. The first-order valence-electron chi connectivity index (χ1n) is 3.36. The molecule has 13 heavy (non-hydrogen) atoms. The molecule has 1 aromatic rings. The molecule has 0 fully saturated rings. The van der Waals surface area contributed by atoms with Crippen LogP contribution in [-0.4, -0.2) is 9.79 Å². The summed E-state index contributed by atoms with van der Waals surface area (Å²) in [5, 5.41) is 0.536. The van der Waals surface area contributed by atoms with Gasteiger partial charge in [0.1, 0.15) is 4.57 Å². The maximum absolute atomic E-state index is 10.8. The Morgan fingerprint density at radius 1 is 1.31 bits per heavy atom. The second kappa shape index (κ2) is 4.11. The standard InChI is InChI=1S/C7H7BrClO3P/c8-7(13(10,11)12)5-1-3-6(9)4-2-5/h1-4,7H,(H2,10,11,12). The van der Waals surface area contributed by atoms with E-state index >= 15 is 0 Å². The van der Waals surface area contributed by atoms with Crippen molar-refractivity contribution in [3.05, 3.63) is 34.9 Å². The van der Waals surface area contributed by atoms with E-state index in [2.05, 4.69) is 15.9 Å². The molecule has 0 saturated heterocycles. The van der Waals surface area contributed by atoms with E-state index in [0.717, 1.165) is 0 Å². The predicted octanol–water partition coefficient (Wildman–Crippen LogP) is 2.91. The smallest absolute Gasteiger partial charge is 0.323 e. The molecule has 0 aliphatic rings. The molecule has 72 valence electrons. The molecule has 1 rings (SSSR count). The molecule has 1 aromatic carbocycles. The Morgan fingerprint density at radius 3 is 2.15 bits per heavy atom. The lowest BCUT2D eigenvalue weighted by molar-refractivity contribution is 0.371. The van der Waals surface area contributed by atoms with Crippen molar-refractivity contribution in [3.8, 4) is 0 Å². The average molecular weight is 285 g/mol. The van der Waals surface area contributed by atoms with Crippen LogP contribution in [0.3, 0.4) is 0 Å². The van der Waals surface area contributed by atoms with Crippen molar-refractivity contribution in [2.75, 3.05) is 0 Å². The van der Waals surface area contributed by atoms with Crippen molar-refractivity contribution in [1.82, 2.24) is 0 Å². The zero-order chi connectivity index (χ0) is 10.1. The van der Waals surface area contributed by atoms with E-state index < -0.39 is 12.2 Å². The highest BCUT2D eigenvalue weighted by Crippen LogP contribution is 2.55. The van der Waals surface area contributed by atoms with Crippen LogP contribution in [0.2, 0.25) is 5.02 Å². The lowest BCUT2D eigenvalue weighted by Gasteiger charge is -2.11. The topological polar surface area (TPSA) is 57.5 Å². The first kappa shape index (κ1) is 11.2. The van der Waals surface area contributed by atoms with Crippen LogP contribution >= 0.6 is 35.1 Å². The van der Waals surface area contributed by atoms with E-state index in [1.165, 1.54) is 0 Å². The zero-order valence-corrected chi connectivity index (χ0v) is 9.63. The fraction of sp³-hybridized carbons (Fsp3) is 0.143. The van der Waals surface area contributed by atoms with Crippen LogP contribution in [0.1, 0.15) is 10.1 Å². The summed E-state index contributed by atoms with van der Waals surface area (Å²) in [7, 11) is -4.12. The summed E-state index contributed by atoms with van der Waals surface area (Å²) in [5.74, 6) is 0. The van der Waals surface area contributed by atoms with Gasteiger partial charge in [-0.2, -0.15) is 0 Å². The van der Waals surface area contributed by atoms with Crippen LogP contribution in [0.4, 0.5) is 0 Å². The highest BCUT2D eigenvalue weighted by molar-refractivity contribution is 9.10. The van der Waals surface area contributed by atoms with E-state index in [1.54, 1.807) is 24.3 Å². The lowest BCUT2D eigenvalue weighted by Crippen LogP contribution is -1.90. The third kappa shape index (κ3) is 3.08. The van der Waals surface area contributed by atoms with Gasteiger partial charge in [-0.15, -0.1) is 0 Å². The van der Waals surface area contributed by atoms with Gasteiger partial charge in [0.05, 0.1) is 0 Å². The van der Waals surface area contributed by atoms with Gasteiger partial charge < -0.3 is 9.79 Å². The predicted molar refractivity (Wildman–Crippen MR) is 55.2 cm³/mol. The van der Waals surface area contributed by atoms with E-state index in [-0.39, 0.29) is 0 Å². The molecule has 0 heterocycles. The largest absolute Gasteiger partial charge is 0.343 e. The minimum Gasteiger partial charge on any atom is -0.323 e. The Labute approximate surface area is 89.0 Å². The quantitative estimate of drug-likeness (QED) is 0.649. The van der Waals surface area contributed by atoms with Gasteiger partial charge in [-0.25, -0.2) is 0 Å². The van der Waals surface area contributed by atoms with Crippen molar-refractivity contribution in [1.29, 1.82) is 0 Å². The fourth-order valence-corrected chi connectivity index (χ4v) is 1.81. The van der Waals surface area contributed by atoms with Gasteiger partial charge in [-0.1, -0.05) is 39.7 Å². The Kier molecular flexibility index (Phi) is 3.55. The third-order valence-electron chi connectivity index (χ3n) is 1.44. The first-order valence-corrected chi connectivity index (χ1v) is 6.33. The second-order valence-electron chi connectivity index (χ2n) is 2.48. The Balaban J connectivity index is 2.97. The molecule has 6 heteroatoms. The van der Waals surface area contributed by atoms with Gasteiger partial charge in [0, 0.05) is 5.02 Å². The molecule has 1 atom stereocenters. The fourth-order valence-electron chi connectivity index (χ4n) is 0.816. The maximum atomic E-state index is 10.8. The molecule has 3 nitrogen and oxygen atoms in total. The second-order valence-corrected chi connectivity index (χ2v) is 6.23. The molecule has 0 saturated carbocycles. The Hall–Kier alpha value is 0.140. The molecule has 0 spiro atoms. The van der Waals surface area contributed by atoms with Crippen LogP contribution in [0.5, 0.6) is 0 Å². The van der Waals surface area contributed by atoms with Crippen molar-refractivity contribution >= 4 is 35.1 Å². The molecule has 0 radical (unpaired) electrons. The number of hydrogen-bond acceptors (Lipinski definition) is 1. The summed E-state index contributed by atoms with van der Waals surface area (Å²) in [6.45, 7) is 0. The van der Waals surface area contributed by atoms with Crippen molar-refractivity contribution in [2.24, 2.45) is 0 Å². The molecule has 0 amide bonds. The first-order chi connectivity index (χ1) is 5.91. The SMILES string of the molecule is O=P(O)(O)C(Br)c1ccc(Cl)cc1. The number of halogens is 2. The number of hydrogen-bond donors (Lipinski definition) is 2. The van der Waals surface area contributed by atoms with Gasteiger partial charge in [0.15, 0.2) is 0 Å². The van der Waals surface area contributed by atoms with Gasteiger partial charge in [0.25, 0.3) is 0 Å². The summed E-state index contributed by atoms with van der Waals surface area (Å²) >= 11 is 8.55. The molecule has 0 aromatic heterocycles. The van der Waals surface area contributed by atoms with Gasteiger partial charge >= 0.3 is 7.60 Å². The Morgan fingerprint density at radius 2 is 1.77 bits per heavy atom. The van der Waals surface area contributed by atoms with Crippen LogP contribution in [0, 0.1) is 0 Å². The Bertz CT molecular complexity index is 334. The number of alkyl halides is 1. The summed E-state index contributed by atoms with van der Waals surface area (Å²) in [4.78, 5) is 17.7. The van der Waals surface area contributed by atoms with Crippen LogP contribution in [0.25, 0.3) is 0 Å². The highest BCUT2D eigenvalue weighted by atomic mass is 79.9. The molecule has 0 aliphatic carbocycles. The van der Waals surface area contributed by atoms with E-state index in [0.29, 0.717) is 10.6 Å². The highest BCUT2D eigenvalue weighted by Gasteiger charge is 2.27. The summed E-state index contributed by atoms with van der Waals surface area (Å²) in [6.07, 6.45) is 0. The van der Waals surface area contributed by atoms with E-state index in [9.17, 15) is 4.57 Å². The van der Waals surface area contributed by atoms with Crippen LogP contribution < -0.4 is 0 Å². The normalized spacial score (nSPS) is 14.2. The minimum atomic E-state index is -4.12. The summed E-state index contributed by atoms with van der Waals surface area (Å²) in [6, 6.07) is 6.31. The molecule has 0 bridgehead atoms. The molecule has 0 aliphatic heterocycles. The van der Waals surface area contributed by atoms with Gasteiger partial charge in [0.2, 0.25) is 0 Å². The molecular formula is C7H7BrClO3P. The van der Waals surface area contributed by atoms with Crippen LogP contribution in [-0.2, 0) is 4.57 Å². The van der Waals surface area contributed by atoms with E-state index in [4.69, 9.17) is 21.4 Å². The van der Waals surface area contributed by atoms with Gasteiger partial charge in [-0.05, 0) is 17.7 Å². The molecule has 2 N–H and O–H groups in total. The van der Waals surface area contributed by atoms with Crippen molar-refractivity contribution in [3.63, 3.8) is 0 Å². The van der Waals surface area contributed by atoms with Gasteiger partial charge in [-0.3, -0.25) is 4.57 Å². The monoisotopic (exact) mass is 284 g/mol. The zero-order valence-electron chi connectivity index (χ0n) is 6.39. The van der Waals surface area contributed by atoms with Crippen LogP contribution in [0.15, 0.2) is 24.3 Å². The van der Waals surface area contributed by atoms with E-state index in [1.807, 2.05) is 0 Å².